The van der Waals surface area contributed by atoms with Crippen LogP contribution >= 0.6 is 11.8 Å². The van der Waals surface area contributed by atoms with Crippen molar-refractivity contribution in [2.24, 2.45) is 0 Å². The fourth-order valence-electron chi connectivity index (χ4n) is 3.09. The number of benzene rings is 1. The average molecular weight is 301 g/mol. The van der Waals surface area contributed by atoms with Crippen LogP contribution in [0.3, 0.4) is 0 Å². The van der Waals surface area contributed by atoms with Crippen LogP contribution in [-0.4, -0.2) is 30.4 Å². The van der Waals surface area contributed by atoms with Crippen LogP contribution in [0.25, 0.3) is 10.9 Å². The lowest BCUT2D eigenvalue weighted by molar-refractivity contribution is -0.884. The van der Waals surface area contributed by atoms with Crippen LogP contribution in [0.2, 0.25) is 0 Å². The van der Waals surface area contributed by atoms with E-state index in [1.807, 2.05) is 11.8 Å². The Morgan fingerprint density at radius 2 is 1.67 bits per heavy atom. The van der Waals surface area contributed by atoms with Crippen LogP contribution in [0.1, 0.15) is 29.5 Å². The molecule has 1 saturated heterocycles. The van der Waals surface area contributed by atoms with E-state index in [4.69, 9.17) is 4.98 Å². The fraction of sp³-hybridized carbons (Fsp3) is 0.500. The third-order valence-electron chi connectivity index (χ3n) is 4.58. The van der Waals surface area contributed by atoms with Gasteiger partial charge in [0.2, 0.25) is 0 Å². The molecule has 3 heteroatoms. The number of quaternary nitrogens is 1. The molecular weight excluding hydrogens is 276 g/mol. The summed E-state index contributed by atoms with van der Waals surface area (Å²) in [6, 6.07) is 6.77. The van der Waals surface area contributed by atoms with Gasteiger partial charge in [0.25, 0.3) is 0 Å². The molecule has 1 aromatic heterocycles. The standard InChI is InChI=1S/C18H24N2S/c1-13-10-16-11-15(3)18(19-17(16)12-14(13)2)21-9-8-20-6-4-5-7-20/h10-12H,4-9H2,1-3H3/p+1. The Balaban J connectivity index is 1.75. The zero-order valence-electron chi connectivity index (χ0n) is 13.3. The van der Waals surface area contributed by atoms with Gasteiger partial charge < -0.3 is 4.90 Å². The van der Waals surface area contributed by atoms with E-state index in [1.165, 1.54) is 65.3 Å². The molecule has 0 radical (unpaired) electrons. The smallest absolute Gasteiger partial charge is 0.0998 e. The average Bonchev–Trinajstić information content (AvgIpc) is 2.95. The third-order valence-corrected chi connectivity index (χ3v) is 5.67. The molecule has 2 heterocycles. The van der Waals surface area contributed by atoms with Crippen molar-refractivity contribution in [1.29, 1.82) is 0 Å². The van der Waals surface area contributed by atoms with Crippen molar-refractivity contribution in [2.45, 2.75) is 38.6 Å². The molecule has 0 amide bonds. The molecule has 1 fully saturated rings. The molecular formula is C18H25N2S+. The number of rotatable bonds is 4. The number of nitrogens with zero attached hydrogens (tertiary/aromatic N) is 1. The lowest BCUT2D eigenvalue weighted by atomic mass is 10.1. The minimum Gasteiger partial charge on any atom is -0.334 e. The van der Waals surface area contributed by atoms with Crippen molar-refractivity contribution in [3.63, 3.8) is 0 Å². The maximum atomic E-state index is 4.89. The largest absolute Gasteiger partial charge is 0.334 e. The van der Waals surface area contributed by atoms with E-state index in [0.29, 0.717) is 0 Å². The van der Waals surface area contributed by atoms with Crippen molar-refractivity contribution in [3.05, 3.63) is 34.9 Å². The number of fused-ring (bicyclic) bond motifs is 1. The summed E-state index contributed by atoms with van der Waals surface area (Å²) in [5, 5.41) is 2.48. The van der Waals surface area contributed by atoms with E-state index in [9.17, 15) is 0 Å². The van der Waals surface area contributed by atoms with Gasteiger partial charge in [-0.2, -0.15) is 0 Å². The Morgan fingerprint density at radius 3 is 2.43 bits per heavy atom. The topological polar surface area (TPSA) is 17.3 Å². The quantitative estimate of drug-likeness (QED) is 0.875. The SMILES string of the molecule is Cc1cc2cc(C)c(SCC[NH+]3CCCC3)nc2cc1C. The monoisotopic (exact) mass is 301 g/mol. The molecule has 0 saturated carbocycles. The molecule has 1 N–H and O–H groups in total. The van der Waals surface area contributed by atoms with Gasteiger partial charge in [-0.15, -0.1) is 11.8 Å². The normalized spacial score (nSPS) is 16.0. The molecule has 2 nitrogen and oxygen atoms in total. The molecule has 0 spiro atoms. The number of aromatic nitrogens is 1. The minimum atomic E-state index is 1.14. The molecule has 112 valence electrons. The Hall–Kier alpha value is -1.06. The predicted octanol–water partition coefficient (Wildman–Crippen LogP) is 2.93. The molecule has 1 aliphatic rings. The van der Waals surface area contributed by atoms with Crippen LogP contribution in [0.15, 0.2) is 23.2 Å². The summed E-state index contributed by atoms with van der Waals surface area (Å²) >= 11 is 1.93. The summed E-state index contributed by atoms with van der Waals surface area (Å²) in [6.45, 7) is 10.5. The van der Waals surface area contributed by atoms with E-state index >= 15 is 0 Å². The van der Waals surface area contributed by atoms with Gasteiger partial charge in [0.1, 0.15) is 0 Å². The number of hydrogen-bond donors (Lipinski definition) is 1. The Labute approximate surface area is 131 Å². The number of aryl methyl sites for hydroxylation is 3. The molecule has 0 aliphatic carbocycles. The van der Waals surface area contributed by atoms with Crippen LogP contribution in [0.4, 0.5) is 0 Å². The van der Waals surface area contributed by atoms with Crippen LogP contribution in [0, 0.1) is 20.8 Å². The second kappa shape index (κ2) is 6.37. The Bertz CT molecular complexity index is 645. The molecule has 0 unspecified atom stereocenters. The fourth-order valence-corrected chi connectivity index (χ4v) is 4.13. The van der Waals surface area contributed by atoms with Crippen LogP contribution in [0.5, 0.6) is 0 Å². The highest BCUT2D eigenvalue weighted by atomic mass is 32.2. The van der Waals surface area contributed by atoms with E-state index < -0.39 is 0 Å². The number of thioether (sulfide) groups is 1. The highest BCUT2D eigenvalue weighted by molar-refractivity contribution is 7.99. The lowest BCUT2D eigenvalue weighted by Gasteiger charge is -2.12. The van der Waals surface area contributed by atoms with Crippen LogP contribution in [-0.2, 0) is 0 Å². The lowest BCUT2D eigenvalue weighted by Crippen LogP contribution is -3.10. The first-order chi connectivity index (χ1) is 10.1. The summed E-state index contributed by atoms with van der Waals surface area (Å²) in [6.07, 6.45) is 2.82. The zero-order valence-corrected chi connectivity index (χ0v) is 14.1. The van der Waals surface area contributed by atoms with Gasteiger partial charge in [-0.1, -0.05) is 0 Å². The highest BCUT2D eigenvalue weighted by Gasteiger charge is 2.15. The van der Waals surface area contributed by atoms with Crippen molar-refractivity contribution < 1.29 is 4.90 Å². The number of nitrogens with one attached hydrogen (secondary N) is 1. The summed E-state index contributed by atoms with van der Waals surface area (Å²) in [7, 11) is 0. The van der Waals surface area contributed by atoms with Gasteiger partial charge in [0.05, 0.1) is 30.2 Å². The molecule has 3 rings (SSSR count). The van der Waals surface area contributed by atoms with Crippen molar-refractivity contribution in [2.75, 3.05) is 25.4 Å². The van der Waals surface area contributed by atoms with Crippen molar-refractivity contribution >= 4 is 22.7 Å². The first-order valence-corrected chi connectivity index (χ1v) is 8.97. The molecule has 1 aliphatic heterocycles. The first-order valence-electron chi connectivity index (χ1n) is 7.98. The van der Waals surface area contributed by atoms with Crippen LogP contribution < -0.4 is 4.90 Å². The predicted molar refractivity (Wildman–Crippen MR) is 91.5 cm³/mol. The zero-order chi connectivity index (χ0) is 14.8. The van der Waals surface area contributed by atoms with Gasteiger partial charge >= 0.3 is 0 Å². The summed E-state index contributed by atoms with van der Waals surface area (Å²) in [5.41, 5.74) is 5.13. The first kappa shape index (κ1) is 14.9. The summed E-state index contributed by atoms with van der Waals surface area (Å²) in [4.78, 5) is 6.67. The Morgan fingerprint density at radius 1 is 1.00 bits per heavy atom. The van der Waals surface area contributed by atoms with E-state index in [1.54, 1.807) is 4.90 Å². The third kappa shape index (κ3) is 3.41. The van der Waals surface area contributed by atoms with Gasteiger partial charge in [-0.3, -0.25) is 0 Å². The summed E-state index contributed by atoms with van der Waals surface area (Å²) < 4.78 is 0. The van der Waals surface area contributed by atoms with Gasteiger partial charge in [0.15, 0.2) is 0 Å². The maximum Gasteiger partial charge on any atom is 0.0998 e. The van der Waals surface area contributed by atoms with Crippen molar-refractivity contribution in [3.8, 4) is 0 Å². The van der Waals surface area contributed by atoms with E-state index in [2.05, 4.69) is 39.0 Å². The van der Waals surface area contributed by atoms with Gasteiger partial charge in [0, 0.05) is 24.0 Å². The molecule has 21 heavy (non-hydrogen) atoms. The molecule has 0 atom stereocenters. The number of hydrogen-bond acceptors (Lipinski definition) is 2. The summed E-state index contributed by atoms with van der Waals surface area (Å²) in [5.74, 6) is 1.18. The number of likely N-dealkylation sites (tertiary alicyclic amines) is 1. The van der Waals surface area contributed by atoms with E-state index in [-0.39, 0.29) is 0 Å². The second-order valence-corrected chi connectivity index (χ2v) is 7.38. The molecule has 2 aromatic rings. The molecule has 1 aromatic carbocycles. The van der Waals surface area contributed by atoms with E-state index in [0.717, 1.165) is 5.52 Å². The molecule has 0 bridgehead atoms. The highest BCUT2D eigenvalue weighted by Crippen LogP contribution is 2.25. The Kier molecular flexibility index (Phi) is 4.51. The van der Waals surface area contributed by atoms with Gasteiger partial charge in [-0.05, 0) is 55.7 Å². The minimum absolute atomic E-state index is 1.14. The van der Waals surface area contributed by atoms with Gasteiger partial charge in [-0.25, -0.2) is 4.98 Å². The maximum absolute atomic E-state index is 4.89. The number of pyridine rings is 1. The van der Waals surface area contributed by atoms with Crippen molar-refractivity contribution in [1.82, 2.24) is 4.98 Å². The second-order valence-electron chi connectivity index (χ2n) is 6.30.